The van der Waals surface area contributed by atoms with Crippen LogP contribution < -0.4 is 0 Å². The molecular weight excluding hydrogens is 244 g/mol. The van der Waals surface area contributed by atoms with E-state index in [2.05, 4.69) is 0 Å². The Morgan fingerprint density at radius 1 is 0.944 bits per heavy atom. The summed E-state index contributed by atoms with van der Waals surface area (Å²) in [6, 6.07) is 0. The molecule has 3 rings (SSSR count). The van der Waals surface area contributed by atoms with E-state index in [9.17, 15) is 5.11 Å². The Labute approximate surface area is 106 Å². The lowest BCUT2D eigenvalue weighted by molar-refractivity contribution is -0.232. The van der Waals surface area contributed by atoms with Crippen LogP contribution in [0.3, 0.4) is 0 Å². The third-order valence-corrected chi connectivity index (χ3v) is 3.45. The number of hydrogen-bond donors (Lipinski definition) is 1. The molecule has 6 heteroatoms. The summed E-state index contributed by atoms with van der Waals surface area (Å²) in [5.41, 5.74) is 0. The average molecular weight is 264 g/mol. The van der Waals surface area contributed by atoms with Gasteiger partial charge < -0.3 is 28.8 Å². The second-order valence-corrected chi connectivity index (χ2v) is 5.93. The van der Waals surface area contributed by atoms with E-state index in [4.69, 9.17) is 23.7 Å². The smallest absolute Gasteiger partial charge is 0.190 e. The fourth-order valence-electron chi connectivity index (χ4n) is 2.70. The lowest BCUT2D eigenvalue weighted by Crippen LogP contribution is -2.42. The Kier molecular flexibility index (Phi) is 2.75. The fraction of sp³-hybridized carbons (Fsp3) is 1.00. The molecule has 3 fully saturated rings. The molecule has 3 aliphatic heterocycles. The van der Waals surface area contributed by atoms with Gasteiger partial charge in [-0.25, -0.2) is 0 Å². The number of aliphatic hydroxyl groups excluding tert-OH is 1. The highest BCUT2D eigenvalue weighted by Crippen LogP contribution is 2.40. The molecule has 0 aromatic carbocycles. The van der Waals surface area contributed by atoms with Gasteiger partial charge in [-0.1, -0.05) is 0 Å². The van der Waals surface area contributed by atoms with E-state index in [0.717, 1.165) is 0 Å². The Bertz CT molecular complexity index is 341. The standard InChI is InChI=1S/C12H20O6/c1-11(2)14-5-6(16-11)8-7(13)9-10(15-8)18-12(3,4)17-9/h6-10,13H,5H2,1-4H3/t6-,7+,8-,9-,10-/m1/s1/i7+1,8+1,9+1,10+1. The minimum atomic E-state index is -0.765. The third-order valence-electron chi connectivity index (χ3n) is 3.45. The van der Waals surface area contributed by atoms with Gasteiger partial charge in [0.15, 0.2) is 17.9 Å². The minimum Gasteiger partial charge on any atom is -0.387 e. The quantitative estimate of drug-likeness (QED) is 0.690. The van der Waals surface area contributed by atoms with Crippen LogP contribution in [-0.4, -0.2) is 54.0 Å². The molecule has 0 aliphatic carbocycles. The first-order valence-corrected chi connectivity index (χ1v) is 6.28. The van der Waals surface area contributed by atoms with E-state index in [1.807, 2.05) is 13.8 Å². The molecule has 104 valence electrons. The number of hydrogen-bond acceptors (Lipinski definition) is 6. The maximum atomic E-state index is 10.3. The molecule has 3 heterocycles. The van der Waals surface area contributed by atoms with E-state index in [-0.39, 0.29) is 6.10 Å². The van der Waals surface area contributed by atoms with Crippen molar-refractivity contribution in [1.29, 1.82) is 0 Å². The number of aliphatic hydroxyl groups is 1. The molecule has 0 aromatic heterocycles. The van der Waals surface area contributed by atoms with Crippen molar-refractivity contribution in [3.05, 3.63) is 0 Å². The molecule has 0 amide bonds. The summed E-state index contributed by atoms with van der Waals surface area (Å²) in [5, 5.41) is 10.3. The zero-order chi connectivity index (χ0) is 13.1. The van der Waals surface area contributed by atoms with Gasteiger partial charge in [-0.15, -0.1) is 0 Å². The van der Waals surface area contributed by atoms with Gasteiger partial charge in [0, 0.05) is 0 Å². The second-order valence-electron chi connectivity index (χ2n) is 5.93. The van der Waals surface area contributed by atoms with Gasteiger partial charge in [0.25, 0.3) is 0 Å². The van der Waals surface area contributed by atoms with Crippen LogP contribution in [-0.2, 0) is 23.7 Å². The molecule has 0 radical (unpaired) electrons. The Hall–Kier alpha value is -0.240. The SMILES string of the molecule is CC1(C)OC[C@H]([13C@H]2O[13C@@H]3OC(C)(C)O[13C@@H]3[13C@H]2O)O1. The molecule has 3 aliphatic rings. The maximum Gasteiger partial charge on any atom is 0.190 e. The molecule has 1 N–H and O–H groups in total. The van der Waals surface area contributed by atoms with Crippen LogP contribution in [0.2, 0.25) is 0 Å². The van der Waals surface area contributed by atoms with Crippen molar-refractivity contribution in [3.63, 3.8) is 0 Å². The van der Waals surface area contributed by atoms with Crippen LogP contribution in [0.4, 0.5) is 0 Å². The van der Waals surface area contributed by atoms with Crippen molar-refractivity contribution in [2.24, 2.45) is 0 Å². The largest absolute Gasteiger partial charge is 0.387 e. The molecule has 3 saturated heterocycles. The summed E-state index contributed by atoms with van der Waals surface area (Å²) in [7, 11) is 0. The first kappa shape index (κ1) is 12.8. The van der Waals surface area contributed by atoms with Crippen molar-refractivity contribution in [3.8, 4) is 0 Å². The first-order valence-electron chi connectivity index (χ1n) is 6.28. The first-order chi connectivity index (χ1) is 8.27. The van der Waals surface area contributed by atoms with Gasteiger partial charge in [0.05, 0.1) is 6.61 Å². The van der Waals surface area contributed by atoms with Gasteiger partial charge in [-0.2, -0.15) is 0 Å². The number of fused-ring (bicyclic) bond motifs is 1. The molecule has 0 unspecified atom stereocenters. The van der Waals surface area contributed by atoms with Gasteiger partial charge >= 0.3 is 0 Å². The van der Waals surface area contributed by atoms with Crippen LogP contribution >= 0.6 is 0 Å². The Morgan fingerprint density at radius 3 is 2.22 bits per heavy atom. The van der Waals surface area contributed by atoms with Crippen LogP contribution in [0, 0.1) is 0 Å². The molecule has 18 heavy (non-hydrogen) atoms. The minimum absolute atomic E-state index is 0.295. The average Bonchev–Trinajstić information content (AvgIpc) is 2.81. The van der Waals surface area contributed by atoms with E-state index in [1.165, 1.54) is 0 Å². The molecule has 0 spiro atoms. The molecular formula is C12H20O6. The number of ether oxygens (including phenoxy) is 5. The number of rotatable bonds is 1. The zero-order valence-corrected chi connectivity index (χ0v) is 11.1. The van der Waals surface area contributed by atoms with Crippen LogP contribution in [0.25, 0.3) is 0 Å². The summed E-state index contributed by atoms with van der Waals surface area (Å²) in [6.07, 6.45) is -2.53. The fourth-order valence-corrected chi connectivity index (χ4v) is 2.70. The van der Waals surface area contributed by atoms with Crippen LogP contribution in [0.15, 0.2) is 0 Å². The van der Waals surface area contributed by atoms with Crippen molar-refractivity contribution in [2.75, 3.05) is 6.61 Å². The van der Waals surface area contributed by atoms with E-state index >= 15 is 0 Å². The lowest BCUT2D eigenvalue weighted by atomic mass is 10.4. The summed E-state index contributed by atoms with van der Waals surface area (Å²) >= 11 is 0. The Balaban J connectivity index is 1.68. The molecule has 0 saturated carbocycles. The van der Waals surface area contributed by atoms with E-state index in [0.29, 0.717) is 6.61 Å². The Morgan fingerprint density at radius 2 is 1.67 bits per heavy atom. The summed E-state index contributed by atoms with van der Waals surface area (Å²) in [5.74, 6) is -1.35. The zero-order valence-electron chi connectivity index (χ0n) is 11.1. The summed E-state index contributed by atoms with van der Waals surface area (Å²) in [4.78, 5) is 0. The molecule has 6 nitrogen and oxygen atoms in total. The third kappa shape index (κ3) is 2.07. The molecule has 0 aromatic rings. The molecule has 5 atom stereocenters. The molecule has 0 bridgehead atoms. The van der Waals surface area contributed by atoms with E-state index in [1.54, 1.807) is 13.8 Å². The van der Waals surface area contributed by atoms with Gasteiger partial charge in [0.1, 0.15) is 24.4 Å². The van der Waals surface area contributed by atoms with Crippen molar-refractivity contribution in [1.82, 2.24) is 0 Å². The van der Waals surface area contributed by atoms with Crippen LogP contribution in [0.5, 0.6) is 0 Å². The maximum absolute atomic E-state index is 10.3. The highest BCUT2D eigenvalue weighted by Gasteiger charge is 2.57. The highest BCUT2D eigenvalue weighted by molar-refractivity contribution is 4.97. The van der Waals surface area contributed by atoms with E-state index < -0.39 is 36.2 Å². The van der Waals surface area contributed by atoms with Crippen molar-refractivity contribution in [2.45, 2.75) is 70.0 Å². The topological polar surface area (TPSA) is 66.4 Å². The monoisotopic (exact) mass is 264 g/mol. The van der Waals surface area contributed by atoms with Gasteiger partial charge in [0.2, 0.25) is 0 Å². The van der Waals surface area contributed by atoms with Crippen molar-refractivity contribution >= 4 is 0 Å². The summed E-state index contributed by atoms with van der Waals surface area (Å²) in [6.45, 7) is 7.68. The van der Waals surface area contributed by atoms with Crippen LogP contribution in [0.1, 0.15) is 27.7 Å². The van der Waals surface area contributed by atoms with Crippen molar-refractivity contribution < 1.29 is 28.8 Å². The predicted octanol–water partition coefficient (Wildman–Crippen LogP) is 0.375. The second kappa shape index (κ2) is 3.88. The summed E-state index contributed by atoms with van der Waals surface area (Å²) < 4.78 is 28.1. The van der Waals surface area contributed by atoms with Gasteiger partial charge in [-0.3, -0.25) is 0 Å². The predicted molar refractivity (Wildman–Crippen MR) is 59.6 cm³/mol. The van der Waals surface area contributed by atoms with Gasteiger partial charge in [-0.05, 0) is 27.7 Å². The highest BCUT2D eigenvalue weighted by atomic mass is 17.0. The lowest BCUT2D eigenvalue weighted by Gasteiger charge is -2.26. The normalized spacial score (nSPS) is 49.5.